The maximum absolute atomic E-state index is 13.3. The van der Waals surface area contributed by atoms with Gasteiger partial charge in [0, 0.05) is 23.3 Å². The maximum atomic E-state index is 13.3. The molecular formula is C21H34O5. The van der Waals surface area contributed by atoms with Gasteiger partial charge >= 0.3 is 0 Å². The zero-order chi connectivity index (χ0) is 20.1. The normalized spacial score (nSPS) is 47.6. The van der Waals surface area contributed by atoms with E-state index in [1.165, 1.54) is 6.92 Å². The molecule has 5 heteroatoms. The SMILES string of the molecule is CCC(C)C1C(C)(O)C(=O)C2CC(C)(O)CC(C)C2C1(C)C(=O)C=CO. The topological polar surface area (TPSA) is 94.8 Å². The highest BCUT2D eigenvalue weighted by atomic mass is 16.3. The molecule has 0 radical (unpaired) electrons. The largest absolute Gasteiger partial charge is 0.515 e. The van der Waals surface area contributed by atoms with E-state index < -0.39 is 28.5 Å². The third kappa shape index (κ3) is 3.03. The van der Waals surface area contributed by atoms with Crippen molar-refractivity contribution in [3.63, 3.8) is 0 Å². The average molecular weight is 366 g/mol. The minimum Gasteiger partial charge on any atom is -0.515 e. The Kier molecular flexibility index (Phi) is 5.48. The first-order valence-electron chi connectivity index (χ1n) is 9.68. The van der Waals surface area contributed by atoms with Crippen LogP contribution in [0.4, 0.5) is 0 Å². The van der Waals surface area contributed by atoms with Crippen molar-refractivity contribution in [2.45, 2.75) is 72.0 Å². The van der Waals surface area contributed by atoms with Crippen LogP contribution in [0.15, 0.2) is 12.3 Å². The van der Waals surface area contributed by atoms with Crippen molar-refractivity contribution >= 4 is 11.6 Å². The molecule has 26 heavy (non-hydrogen) atoms. The fourth-order valence-corrected chi connectivity index (χ4v) is 6.43. The Labute approximate surface area is 156 Å². The van der Waals surface area contributed by atoms with Crippen LogP contribution in [-0.4, -0.2) is 38.1 Å². The van der Waals surface area contributed by atoms with Crippen LogP contribution in [0, 0.1) is 35.0 Å². The average Bonchev–Trinajstić information content (AvgIpc) is 2.50. The van der Waals surface area contributed by atoms with Gasteiger partial charge in [0.1, 0.15) is 5.60 Å². The maximum Gasteiger partial charge on any atom is 0.167 e. The lowest BCUT2D eigenvalue weighted by atomic mass is 9.42. The summed E-state index contributed by atoms with van der Waals surface area (Å²) in [4.78, 5) is 26.4. The van der Waals surface area contributed by atoms with Gasteiger partial charge in [-0.15, -0.1) is 0 Å². The van der Waals surface area contributed by atoms with Crippen LogP contribution < -0.4 is 0 Å². The van der Waals surface area contributed by atoms with Crippen LogP contribution >= 0.6 is 0 Å². The lowest BCUT2D eigenvalue weighted by Gasteiger charge is -2.61. The first-order valence-corrected chi connectivity index (χ1v) is 9.68. The van der Waals surface area contributed by atoms with E-state index in [-0.39, 0.29) is 35.7 Å². The molecule has 0 aromatic rings. The smallest absolute Gasteiger partial charge is 0.167 e. The molecule has 3 N–H and O–H groups in total. The van der Waals surface area contributed by atoms with E-state index in [0.717, 1.165) is 18.8 Å². The monoisotopic (exact) mass is 366 g/mol. The minimum absolute atomic E-state index is 0.0504. The van der Waals surface area contributed by atoms with Crippen LogP contribution in [0.25, 0.3) is 0 Å². The van der Waals surface area contributed by atoms with E-state index in [9.17, 15) is 24.9 Å². The second-order valence-corrected chi connectivity index (χ2v) is 9.35. The molecule has 5 nitrogen and oxygen atoms in total. The Balaban J connectivity index is 2.71. The standard InChI is InChI=1S/C21H34O5/c1-7-12(2)17-20(5,15(23)8-9-22)16-13(3)10-19(4,25)11-14(16)18(24)21(17,6)26/h8-9,12-14,16-17,22,25-26H,7,10-11H2,1-6H3. The Hall–Kier alpha value is -1.20. The molecule has 0 aromatic carbocycles. The molecule has 8 unspecified atom stereocenters. The Bertz CT molecular complexity index is 606. The van der Waals surface area contributed by atoms with Crippen LogP contribution in [0.2, 0.25) is 0 Å². The van der Waals surface area contributed by atoms with E-state index in [1.807, 2.05) is 27.7 Å². The van der Waals surface area contributed by atoms with Crippen molar-refractivity contribution in [1.82, 2.24) is 0 Å². The summed E-state index contributed by atoms with van der Waals surface area (Å²) in [6, 6.07) is 0. The summed E-state index contributed by atoms with van der Waals surface area (Å²) >= 11 is 0. The van der Waals surface area contributed by atoms with Gasteiger partial charge in [-0.1, -0.05) is 34.1 Å². The minimum atomic E-state index is -1.66. The molecule has 2 saturated carbocycles. The van der Waals surface area contributed by atoms with Crippen LogP contribution in [-0.2, 0) is 9.59 Å². The molecule has 0 spiro atoms. The Morgan fingerprint density at radius 2 is 1.85 bits per heavy atom. The van der Waals surface area contributed by atoms with Gasteiger partial charge in [0.25, 0.3) is 0 Å². The van der Waals surface area contributed by atoms with Gasteiger partial charge in [0.15, 0.2) is 11.6 Å². The summed E-state index contributed by atoms with van der Waals surface area (Å²) in [6.07, 6.45) is 3.37. The number of aliphatic hydroxyl groups is 3. The number of carbonyl (C=O) groups excluding carboxylic acids is 2. The van der Waals surface area contributed by atoms with Gasteiger partial charge < -0.3 is 15.3 Å². The molecule has 8 atom stereocenters. The molecule has 0 bridgehead atoms. The summed E-state index contributed by atoms with van der Waals surface area (Å²) in [5.41, 5.74) is -3.64. The molecule has 0 aromatic heterocycles. The molecule has 0 aliphatic heterocycles. The number of Topliss-reactive ketones (excluding diaryl/α,β-unsaturated/α-hetero) is 1. The summed E-state index contributed by atoms with van der Waals surface area (Å²) in [7, 11) is 0. The number of carbonyl (C=O) groups is 2. The predicted octanol–water partition coefficient (Wildman–Crippen LogP) is 3.04. The number of hydrogen-bond acceptors (Lipinski definition) is 5. The summed E-state index contributed by atoms with van der Waals surface area (Å²) in [5.74, 6) is -2.05. The Morgan fingerprint density at radius 1 is 1.27 bits per heavy atom. The molecule has 0 amide bonds. The molecular weight excluding hydrogens is 332 g/mol. The lowest BCUT2D eigenvalue weighted by Crippen LogP contribution is -2.69. The van der Waals surface area contributed by atoms with Gasteiger partial charge in [-0.2, -0.15) is 0 Å². The summed E-state index contributed by atoms with van der Waals surface area (Å²) in [6.45, 7) is 11.0. The van der Waals surface area contributed by atoms with Gasteiger partial charge in [0.2, 0.25) is 0 Å². The number of fused-ring (bicyclic) bond motifs is 1. The van der Waals surface area contributed by atoms with Gasteiger partial charge in [-0.05, 0) is 44.4 Å². The van der Waals surface area contributed by atoms with E-state index in [1.54, 1.807) is 6.92 Å². The highest BCUT2D eigenvalue weighted by Gasteiger charge is 2.67. The van der Waals surface area contributed by atoms with E-state index in [2.05, 4.69) is 0 Å². The quantitative estimate of drug-likeness (QED) is 0.525. The van der Waals surface area contributed by atoms with E-state index in [4.69, 9.17) is 0 Å². The fraction of sp³-hybridized carbons (Fsp3) is 0.810. The number of rotatable bonds is 4. The van der Waals surface area contributed by atoms with Crippen molar-refractivity contribution in [2.24, 2.45) is 35.0 Å². The first-order chi connectivity index (χ1) is 11.8. The van der Waals surface area contributed by atoms with Gasteiger partial charge in [-0.3, -0.25) is 9.59 Å². The van der Waals surface area contributed by atoms with Crippen LogP contribution in [0.1, 0.15) is 60.8 Å². The van der Waals surface area contributed by atoms with Gasteiger partial charge in [-0.25, -0.2) is 0 Å². The van der Waals surface area contributed by atoms with Gasteiger partial charge in [0.05, 0.1) is 11.9 Å². The lowest BCUT2D eigenvalue weighted by molar-refractivity contribution is -0.203. The molecule has 148 valence electrons. The van der Waals surface area contributed by atoms with Crippen molar-refractivity contribution in [3.8, 4) is 0 Å². The second kappa shape index (κ2) is 6.75. The predicted molar refractivity (Wildman–Crippen MR) is 99.5 cm³/mol. The zero-order valence-electron chi connectivity index (χ0n) is 16.8. The molecule has 0 heterocycles. The first kappa shape index (κ1) is 21.1. The Morgan fingerprint density at radius 3 is 2.35 bits per heavy atom. The van der Waals surface area contributed by atoms with Crippen molar-refractivity contribution in [2.75, 3.05) is 0 Å². The second-order valence-electron chi connectivity index (χ2n) is 9.35. The highest BCUT2D eigenvalue weighted by molar-refractivity contribution is 6.00. The molecule has 2 rings (SSSR count). The summed E-state index contributed by atoms with van der Waals surface area (Å²) in [5, 5.41) is 31.1. The molecule has 2 aliphatic rings. The summed E-state index contributed by atoms with van der Waals surface area (Å²) < 4.78 is 0. The number of aliphatic hydroxyl groups excluding tert-OH is 1. The van der Waals surface area contributed by atoms with E-state index >= 15 is 0 Å². The number of ketones is 2. The number of hydrogen-bond donors (Lipinski definition) is 3. The fourth-order valence-electron chi connectivity index (χ4n) is 6.43. The van der Waals surface area contributed by atoms with E-state index in [0.29, 0.717) is 6.42 Å². The van der Waals surface area contributed by atoms with Crippen LogP contribution in [0.5, 0.6) is 0 Å². The third-order valence-electron chi connectivity index (χ3n) is 7.22. The van der Waals surface area contributed by atoms with Crippen LogP contribution in [0.3, 0.4) is 0 Å². The third-order valence-corrected chi connectivity index (χ3v) is 7.22. The molecule has 2 fully saturated rings. The zero-order valence-corrected chi connectivity index (χ0v) is 16.8. The highest BCUT2D eigenvalue weighted by Crippen LogP contribution is 2.61. The molecule has 2 aliphatic carbocycles. The van der Waals surface area contributed by atoms with Crippen molar-refractivity contribution in [1.29, 1.82) is 0 Å². The molecule has 0 saturated heterocycles. The van der Waals surface area contributed by atoms with Crippen molar-refractivity contribution < 1.29 is 24.9 Å². The van der Waals surface area contributed by atoms with Crippen molar-refractivity contribution in [3.05, 3.63) is 12.3 Å². The number of allylic oxidation sites excluding steroid dienone is 1.